The molecular formula is C8H15N5. The number of aryl methyl sites for hydroxylation is 1. The van der Waals surface area contributed by atoms with Gasteiger partial charge in [-0.25, -0.2) is 15.8 Å². The SMILES string of the molecule is Cc1nc(NN)c(C)c(N(C)C)n1. The van der Waals surface area contributed by atoms with E-state index in [0.717, 1.165) is 11.4 Å². The standard InChI is InChI=1S/C8H15N5/c1-5-7(12-9)10-6(2)11-8(5)13(3)4/h9H2,1-4H3,(H,10,11,12). The zero-order valence-electron chi connectivity index (χ0n) is 8.42. The zero-order chi connectivity index (χ0) is 10.0. The molecule has 0 unspecified atom stereocenters. The number of nitrogens with one attached hydrogen (secondary N) is 1. The van der Waals surface area contributed by atoms with E-state index in [9.17, 15) is 0 Å². The van der Waals surface area contributed by atoms with E-state index in [-0.39, 0.29) is 0 Å². The highest BCUT2D eigenvalue weighted by Gasteiger charge is 2.08. The number of hydrogen-bond acceptors (Lipinski definition) is 5. The quantitative estimate of drug-likeness (QED) is 0.512. The third-order valence-electron chi connectivity index (χ3n) is 1.79. The zero-order valence-corrected chi connectivity index (χ0v) is 8.42. The van der Waals surface area contributed by atoms with E-state index in [0.29, 0.717) is 11.6 Å². The molecule has 0 saturated carbocycles. The second-order valence-electron chi connectivity index (χ2n) is 3.11. The fraction of sp³-hybridized carbons (Fsp3) is 0.500. The normalized spacial score (nSPS) is 9.92. The van der Waals surface area contributed by atoms with E-state index >= 15 is 0 Å². The summed E-state index contributed by atoms with van der Waals surface area (Å²) in [5.74, 6) is 7.61. The molecule has 0 amide bonds. The minimum Gasteiger partial charge on any atom is -0.362 e. The molecule has 0 fully saturated rings. The van der Waals surface area contributed by atoms with Crippen molar-refractivity contribution < 1.29 is 0 Å². The Kier molecular flexibility index (Phi) is 2.67. The Balaban J connectivity index is 3.27. The topological polar surface area (TPSA) is 67.1 Å². The molecule has 0 aliphatic carbocycles. The van der Waals surface area contributed by atoms with E-state index in [1.165, 1.54) is 0 Å². The molecule has 0 aromatic carbocycles. The molecule has 13 heavy (non-hydrogen) atoms. The maximum atomic E-state index is 5.33. The lowest BCUT2D eigenvalue weighted by molar-refractivity contribution is 0.966. The minimum atomic E-state index is 0.677. The molecule has 1 rings (SSSR count). The fourth-order valence-corrected chi connectivity index (χ4v) is 1.19. The molecule has 0 spiro atoms. The molecule has 0 bridgehead atoms. The monoisotopic (exact) mass is 181 g/mol. The molecule has 0 aliphatic rings. The molecule has 0 atom stereocenters. The molecule has 0 radical (unpaired) electrons. The van der Waals surface area contributed by atoms with Crippen molar-refractivity contribution in [2.45, 2.75) is 13.8 Å². The van der Waals surface area contributed by atoms with Gasteiger partial charge in [0, 0.05) is 19.7 Å². The van der Waals surface area contributed by atoms with Crippen molar-refractivity contribution in [1.29, 1.82) is 0 Å². The number of nitrogens with zero attached hydrogens (tertiary/aromatic N) is 3. The summed E-state index contributed by atoms with van der Waals surface area (Å²) in [4.78, 5) is 10.4. The first-order valence-corrected chi connectivity index (χ1v) is 4.05. The lowest BCUT2D eigenvalue weighted by Crippen LogP contribution is -2.17. The number of nitrogen functional groups attached to an aromatic ring is 1. The lowest BCUT2D eigenvalue weighted by atomic mass is 10.3. The number of hydrogen-bond donors (Lipinski definition) is 2. The molecule has 0 aliphatic heterocycles. The smallest absolute Gasteiger partial charge is 0.148 e. The summed E-state index contributed by atoms with van der Waals surface area (Å²) in [5, 5.41) is 0. The van der Waals surface area contributed by atoms with Gasteiger partial charge in [-0.05, 0) is 13.8 Å². The Morgan fingerprint density at radius 3 is 2.31 bits per heavy atom. The maximum Gasteiger partial charge on any atom is 0.148 e. The highest BCUT2D eigenvalue weighted by Crippen LogP contribution is 2.20. The Labute approximate surface area is 78.0 Å². The summed E-state index contributed by atoms with van der Waals surface area (Å²) >= 11 is 0. The van der Waals surface area contributed by atoms with Gasteiger partial charge < -0.3 is 10.3 Å². The molecule has 5 heteroatoms. The fourth-order valence-electron chi connectivity index (χ4n) is 1.19. The Bertz CT molecular complexity index is 308. The number of nitrogens with two attached hydrogens (primary N) is 1. The first-order chi connectivity index (χ1) is 6.06. The van der Waals surface area contributed by atoms with Crippen LogP contribution in [0.4, 0.5) is 11.6 Å². The van der Waals surface area contributed by atoms with Crippen molar-refractivity contribution >= 4 is 11.6 Å². The van der Waals surface area contributed by atoms with Crippen molar-refractivity contribution in [3.63, 3.8) is 0 Å². The molecule has 0 saturated heterocycles. The van der Waals surface area contributed by atoms with E-state index in [1.54, 1.807) is 0 Å². The summed E-state index contributed by atoms with van der Waals surface area (Å²) in [5.41, 5.74) is 3.51. The summed E-state index contributed by atoms with van der Waals surface area (Å²) < 4.78 is 0. The van der Waals surface area contributed by atoms with E-state index in [1.807, 2.05) is 32.8 Å². The van der Waals surface area contributed by atoms with Gasteiger partial charge in [0.1, 0.15) is 17.5 Å². The molecule has 5 nitrogen and oxygen atoms in total. The van der Waals surface area contributed by atoms with Gasteiger partial charge in [0.05, 0.1) is 0 Å². The van der Waals surface area contributed by atoms with Crippen LogP contribution >= 0.6 is 0 Å². The molecule has 1 heterocycles. The van der Waals surface area contributed by atoms with Crippen molar-refractivity contribution in [2.75, 3.05) is 24.4 Å². The second-order valence-corrected chi connectivity index (χ2v) is 3.11. The van der Waals surface area contributed by atoms with E-state index in [4.69, 9.17) is 5.84 Å². The molecule has 3 N–H and O–H groups in total. The van der Waals surface area contributed by atoms with Crippen LogP contribution in [0.15, 0.2) is 0 Å². The predicted octanol–water partition coefficient (Wildman–Crippen LogP) is 0.445. The number of anilines is 2. The Morgan fingerprint density at radius 1 is 1.23 bits per heavy atom. The first kappa shape index (κ1) is 9.73. The van der Waals surface area contributed by atoms with Gasteiger partial charge in [-0.3, -0.25) is 0 Å². The Morgan fingerprint density at radius 2 is 1.85 bits per heavy atom. The van der Waals surface area contributed by atoms with Gasteiger partial charge in [0.15, 0.2) is 0 Å². The van der Waals surface area contributed by atoms with Crippen LogP contribution in [-0.4, -0.2) is 24.1 Å². The summed E-state index contributed by atoms with van der Waals surface area (Å²) in [7, 11) is 3.88. The van der Waals surface area contributed by atoms with Crippen LogP contribution < -0.4 is 16.2 Å². The largest absolute Gasteiger partial charge is 0.362 e. The van der Waals surface area contributed by atoms with Crippen molar-refractivity contribution in [3.05, 3.63) is 11.4 Å². The van der Waals surface area contributed by atoms with Crippen LogP contribution in [0, 0.1) is 13.8 Å². The summed E-state index contributed by atoms with van der Waals surface area (Å²) in [6, 6.07) is 0. The third kappa shape index (κ3) is 1.86. The van der Waals surface area contributed by atoms with Crippen LogP contribution in [0.25, 0.3) is 0 Å². The van der Waals surface area contributed by atoms with Crippen molar-refractivity contribution in [2.24, 2.45) is 5.84 Å². The Hall–Kier alpha value is -1.36. The average Bonchev–Trinajstić information content (AvgIpc) is 2.08. The average molecular weight is 181 g/mol. The van der Waals surface area contributed by atoms with Gasteiger partial charge in [0.25, 0.3) is 0 Å². The van der Waals surface area contributed by atoms with Crippen molar-refractivity contribution in [3.8, 4) is 0 Å². The summed E-state index contributed by atoms with van der Waals surface area (Å²) in [6.45, 7) is 3.78. The van der Waals surface area contributed by atoms with Gasteiger partial charge >= 0.3 is 0 Å². The lowest BCUT2D eigenvalue weighted by Gasteiger charge is -2.16. The second kappa shape index (κ2) is 3.57. The van der Waals surface area contributed by atoms with Gasteiger partial charge in [-0.2, -0.15) is 0 Å². The van der Waals surface area contributed by atoms with Crippen LogP contribution in [0.2, 0.25) is 0 Å². The van der Waals surface area contributed by atoms with Crippen LogP contribution in [0.5, 0.6) is 0 Å². The highest BCUT2D eigenvalue weighted by molar-refractivity contribution is 5.57. The number of hydrazine groups is 1. The van der Waals surface area contributed by atoms with Crippen LogP contribution in [0.1, 0.15) is 11.4 Å². The van der Waals surface area contributed by atoms with Crippen LogP contribution in [-0.2, 0) is 0 Å². The molecule has 1 aromatic rings. The predicted molar refractivity (Wildman–Crippen MR) is 53.6 cm³/mol. The first-order valence-electron chi connectivity index (χ1n) is 4.05. The van der Waals surface area contributed by atoms with E-state index in [2.05, 4.69) is 15.4 Å². The highest BCUT2D eigenvalue weighted by atomic mass is 15.3. The summed E-state index contributed by atoms with van der Waals surface area (Å²) in [6.07, 6.45) is 0. The third-order valence-corrected chi connectivity index (χ3v) is 1.79. The van der Waals surface area contributed by atoms with Gasteiger partial charge in [-0.1, -0.05) is 0 Å². The van der Waals surface area contributed by atoms with Crippen LogP contribution in [0.3, 0.4) is 0 Å². The van der Waals surface area contributed by atoms with Crippen molar-refractivity contribution in [1.82, 2.24) is 9.97 Å². The molecular weight excluding hydrogens is 166 g/mol. The molecule has 72 valence electrons. The minimum absolute atomic E-state index is 0.677. The number of aromatic nitrogens is 2. The molecule has 1 aromatic heterocycles. The van der Waals surface area contributed by atoms with Gasteiger partial charge in [0.2, 0.25) is 0 Å². The van der Waals surface area contributed by atoms with Gasteiger partial charge in [-0.15, -0.1) is 0 Å². The van der Waals surface area contributed by atoms with E-state index < -0.39 is 0 Å². The number of rotatable bonds is 2. The maximum absolute atomic E-state index is 5.33.